The summed E-state index contributed by atoms with van der Waals surface area (Å²) in [7, 11) is 0. The van der Waals surface area contributed by atoms with E-state index in [1.807, 2.05) is 0 Å². The van der Waals surface area contributed by atoms with Gasteiger partial charge in [0.15, 0.2) is 0 Å². The van der Waals surface area contributed by atoms with Crippen molar-refractivity contribution in [1.29, 1.82) is 0 Å². The molecule has 0 atom stereocenters. The van der Waals surface area contributed by atoms with Gasteiger partial charge in [0.25, 0.3) is 0 Å². The molecule has 1 N–H and O–H groups in total. The van der Waals surface area contributed by atoms with E-state index in [1.54, 1.807) is 0 Å². The van der Waals surface area contributed by atoms with Gasteiger partial charge in [0.2, 0.25) is 0 Å². The lowest BCUT2D eigenvalue weighted by molar-refractivity contribution is -0.371. The summed E-state index contributed by atoms with van der Waals surface area (Å²) in [4.78, 5) is 0. The molecule has 1 aliphatic carbocycles. The van der Waals surface area contributed by atoms with Crippen molar-refractivity contribution in [2.24, 2.45) is 5.41 Å². The zero-order chi connectivity index (χ0) is 12.1. The molecule has 1 rings (SSSR count). The van der Waals surface area contributed by atoms with E-state index < -0.39 is 42.9 Å². The monoisotopic (exact) mass is 240 g/mol. The molecule has 90 valence electrons. The van der Waals surface area contributed by atoms with Crippen LogP contribution in [0.5, 0.6) is 0 Å². The maximum Gasteiger partial charge on any atom is 0.459 e. The average molecular weight is 240 g/mol. The number of rotatable bonds is 3. The number of aliphatic hydroxyl groups excluding tert-OH is 1. The molecule has 8 heteroatoms. The highest BCUT2D eigenvalue weighted by atomic mass is 19.4. The van der Waals surface area contributed by atoms with Crippen molar-refractivity contribution >= 4 is 0 Å². The summed E-state index contributed by atoms with van der Waals surface area (Å²) in [6, 6.07) is 0. The second-order valence-corrected chi connectivity index (χ2v) is 3.58. The minimum absolute atomic E-state index is 0.540. The summed E-state index contributed by atoms with van der Waals surface area (Å²) in [5, 5.41) is 8.44. The van der Waals surface area contributed by atoms with Crippen LogP contribution in [-0.2, 0) is 0 Å². The molecule has 0 aromatic rings. The number of hydrogen-bond donors (Lipinski definition) is 1. The Morgan fingerprint density at radius 1 is 0.933 bits per heavy atom. The van der Waals surface area contributed by atoms with Gasteiger partial charge in [-0.05, 0) is 12.8 Å². The van der Waals surface area contributed by atoms with Gasteiger partial charge in [-0.25, -0.2) is 0 Å². The Hall–Kier alpha value is -0.530. The third-order valence-electron chi connectivity index (χ3n) is 2.57. The molecular formula is C7H7F7O. The van der Waals surface area contributed by atoms with Crippen molar-refractivity contribution < 1.29 is 35.8 Å². The van der Waals surface area contributed by atoms with Crippen LogP contribution in [-0.4, -0.2) is 29.7 Å². The summed E-state index contributed by atoms with van der Waals surface area (Å²) in [6.45, 7) is -1.38. The number of aliphatic hydroxyl groups is 1. The highest BCUT2D eigenvalue weighted by molar-refractivity contribution is 5.10. The number of alkyl halides is 7. The van der Waals surface area contributed by atoms with E-state index in [9.17, 15) is 30.7 Å². The SMILES string of the molecule is OCC1(C(F)(F)C(F)(F)C(F)(F)F)CC1. The predicted octanol–water partition coefficient (Wildman–Crippen LogP) is 2.59. The normalized spacial score (nSPS) is 21.6. The van der Waals surface area contributed by atoms with E-state index in [4.69, 9.17) is 5.11 Å². The van der Waals surface area contributed by atoms with Gasteiger partial charge in [-0.1, -0.05) is 0 Å². The first kappa shape index (κ1) is 12.5. The van der Waals surface area contributed by atoms with Gasteiger partial charge in [0, 0.05) is 0 Å². The molecule has 0 heterocycles. The van der Waals surface area contributed by atoms with Crippen molar-refractivity contribution in [1.82, 2.24) is 0 Å². The van der Waals surface area contributed by atoms with E-state index in [-0.39, 0.29) is 0 Å². The molecule has 1 fully saturated rings. The van der Waals surface area contributed by atoms with Crippen LogP contribution in [0.4, 0.5) is 30.7 Å². The molecule has 0 aliphatic heterocycles. The second-order valence-electron chi connectivity index (χ2n) is 3.58. The van der Waals surface area contributed by atoms with Gasteiger partial charge in [-0.15, -0.1) is 0 Å². The summed E-state index contributed by atoms with van der Waals surface area (Å²) >= 11 is 0. The Bertz CT molecular complexity index is 253. The minimum Gasteiger partial charge on any atom is -0.396 e. The van der Waals surface area contributed by atoms with Crippen LogP contribution in [0.1, 0.15) is 12.8 Å². The van der Waals surface area contributed by atoms with Crippen LogP contribution in [0, 0.1) is 5.41 Å². The average Bonchev–Trinajstić information content (AvgIpc) is 2.81. The van der Waals surface area contributed by atoms with E-state index in [0.29, 0.717) is 0 Å². The Morgan fingerprint density at radius 2 is 1.33 bits per heavy atom. The molecule has 1 nitrogen and oxygen atoms in total. The lowest BCUT2D eigenvalue weighted by Gasteiger charge is -2.33. The van der Waals surface area contributed by atoms with Crippen LogP contribution in [0.15, 0.2) is 0 Å². The third kappa shape index (κ3) is 1.49. The molecule has 0 aromatic carbocycles. The molecule has 0 spiro atoms. The van der Waals surface area contributed by atoms with Gasteiger partial charge in [-0.3, -0.25) is 0 Å². The topological polar surface area (TPSA) is 20.2 Å². The lowest BCUT2D eigenvalue weighted by atomic mass is 9.93. The van der Waals surface area contributed by atoms with Crippen molar-refractivity contribution in [2.45, 2.75) is 30.9 Å². The van der Waals surface area contributed by atoms with E-state index >= 15 is 0 Å². The zero-order valence-electron chi connectivity index (χ0n) is 7.21. The molecule has 15 heavy (non-hydrogen) atoms. The van der Waals surface area contributed by atoms with Crippen molar-refractivity contribution in [2.75, 3.05) is 6.61 Å². The smallest absolute Gasteiger partial charge is 0.396 e. The van der Waals surface area contributed by atoms with Crippen LogP contribution in [0.25, 0.3) is 0 Å². The van der Waals surface area contributed by atoms with Crippen molar-refractivity contribution in [3.63, 3.8) is 0 Å². The van der Waals surface area contributed by atoms with Gasteiger partial charge in [0.1, 0.15) is 0 Å². The predicted molar refractivity (Wildman–Crippen MR) is 34.7 cm³/mol. The van der Waals surface area contributed by atoms with Crippen LogP contribution < -0.4 is 0 Å². The molecule has 0 unspecified atom stereocenters. The molecule has 0 radical (unpaired) electrons. The number of hydrogen-bond acceptors (Lipinski definition) is 1. The minimum atomic E-state index is -6.32. The van der Waals surface area contributed by atoms with Gasteiger partial charge in [0.05, 0.1) is 12.0 Å². The molecule has 0 aromatic heterocycles. The maximum absolute atomic E-state index is 12.9. The standard InChI is InChI=1S/C7H7F7O/c8-5(9,4(3-15)1-2-4)6(10,11)7(12,13)14/h15H,1-3H2. The Kier molecular flexibility index (Phi) is 2.50. The molecular weight excluding hydrogens is 233 g/mol. The lowest BCUT2D eigenvalue weighted by Crippen LogP contribution is -2.57. The molecule has 0 bridgehead atoms. The second kappa shape index (κ2) is 2.99. The van der Waals surface area contributed by atoms with Gasteiger partial charge < -0.3 is 5.11 Å². The summed E-state index contributed by atoms with van der Waals surface area (Å²) in [5.41, 5.74) is -2.62. The fourth-order valence-corrected chi connectivity index (χ4v) is 1.23. The molecule has 1 saturated carbocycles. The zero-order valence-corrected chi connectivity index (χ0v) is 7.21. The van der Waals surface area contributed by atoms with Crippen molar-refractivity contribution in [3.05, 3.63) is 0 Å². The number of halogens is 7. The van der Waals surface area contributed by atoms with Crippen LogP contribution >= 0.6 is 0 Å². The Labute approximate surface area is 79.9 Å². The Morgan fingerprint density at radius 3 is 1.53 bits per heavy atom. The molecule has 0 saturated heterocycles. The highest BCUT2D eigenvalue weighted by Crippen LogP contribution is 2.64. The molecule has 1 aliphatic rings. The first-order chi connectivity index (χ1) is 6.52. The Balaban J connectivity index is 3.05. The van der Waals surface area contributed by atoms with Crippen LogP contribution in [0.2, 0.25) is 0 Å². The fraction of sp³-hybridized carbons (Fsp3) is 1.00. The van der Waals surface area contributed by atoms with Gasteiger partial charge in [-0.2, -0.15) is 30.7 Å². The van der Waals surface area contributed by atoms with Crippen molar-refractivity contribution in [3.8, 4) is 0 Å². The van der Waals surface area contributed by atoms with E-state index in [1.165, 1.54) is 0 Å². The largest absolute Gasteiger partial charge is 0.459 e. The first-order valence-corrected chi connectivity index (χ1v) is 3.95. The van der Waals surface area contributed by atoms with E-state index in [0.717, 1.165) is 0 Å². The summed E-state index contributed by atoms with van der Waals surface area (Å²) in [6.07, 6.45) is -7.40. The van der Waals surface area contributed by atoms with Gasteiger partial charge >= 0.3 is 18.0 Å². The fourth-order valence-electron chi connectivity index (χ4n) is 1.23. The third-order valence-corrected chi connectivity index (χ3v) is 2.57. The molecule has 0 amide bonds. The van der Waals surface area contributed by atoms with Crippen LogP contribution in [0.3, 0.4) is 0 Å². The quantitative estimate of drug-likeness (QED) is 0.752. The summed E-state index contributed by atoms with van der Waals surface area (Å²) < 4.78 is 85.8. The van der Waals surface area contributed by atoms with E-state index in [2.05, 4.69) is 0 Å². The summed E-state index contributed by atoms with van der Waals surface area (Å²) in [5.74, 6) is -11.4. The maximum atomic E-state index is 12.9. The highest BCUT2D eigenvalue weighted by Gasteiger charge is 2.81. The first-order valence-electron chi connectivity index (χ1n) is 3.95.